The lowest BCUT2D eigenvalue weighted by molar-refractivity contribution is -0.138. The number of rotatable bonds is 8. The van der Waals surface area contributed by atoms with E-state index in [2.05, 4.69) is 10.6 Å². The van der Waals surface area contributed by atoms with Crippen molar-refractivity contribution in [2.75, 3.05) is 16.4 Å². The monoisotopic (exact) mass is 386 g/mol. The molecule has 142 valence electrons. The predicted octanol–water partition coefficient (Wildman–Crippen LogP) is 3.84. The fourth-order valence-corrected chi connectivity index (χ4v) is 2.94. The van der Waals surface area contributed by atoms with E-state index >= 15 is 0 Å². The molecular formula is C20H22N2O4S. The van der Waals surface area contributed by atoms with Crippen LogP contribution in [0.1, 0.15) is 24.0 Å². The van der Waals surface area contributed by atoms with Gasteiger partial charge in [-0.05, 0) is 61.4 Å². The maximum atomic E-state index is 12.1. The number of hydrogen-bond donors (Lipinski definition) is 3. The van der Waals surface area contributed by atoms with Crippen LogP contribution in [0, 0.1) is 13.8 Å². The molecular weight excluding hydrogens is 364 g/mol. The molecule has 0 aromatic heterocycles. The van der Waals surface area contributed by atoms with Crippen molar-refractivity contribution in [2.24, 2.45) is 0 Å². The molecule has 7 heteroatoms. The largest absolute Gasteiger partial charge is 0.481 e. The van der Waals surface area contributed by atoms with Gasteiger partial charge < -0.3 is 15.7 Å². The smallest absolute Gasteiger partial charge is 0.303 e. The average molecular weight is 386 g/mol. The molecule has 0 aliphatic carbocycles. The molecule has 0 fully saturated rings. The van der Waals surface area contributed by atoms with E-state index in [9.17, 15) is 14.4 Å². The minimum absolute atomic E-state index is 0.0650. The number of carbonyl (C=O) groups excluding carboxylic acids is 2. The Bertz CT molecular complexity index is 834. The van der Waals surface area contributed by atoms with E-state index in [1.54, 1.807) is 24.3 Å². The first kappa shape index (κ1) is 20.5. The topological polar surface area (TPSA) is 95.5 Å². The van der Waals surface area contributed by atoms with Crippen molar-refractivity contribution in [3.05, 3.63) is 53.6 Å². The number of thioether (sulfide) groups is 1. The van der Waals surface area contributed by atoms with Crippen molar-refractivity contribution in [3.8, 4) is 0 Å². The first-order valence-corrected chi connectivity index (χ1v) is 9.43. The quantitative estimate of drug-likeness (QED) is 0.599. The molecule has 0 aliphatic heterocycles. The van der Waals surface area contributed by atoms with Crippen LogP contribution in [0.15, 0.2) is 47.4 Å². The molecule has 0 aliphatic rings. The lowest BCUT2D eigenvalue weighted by Crippen LogP contribution is -2.14. The number of amides is 2. The zero-order valence-electron chi connectivity index (χ0n) is 15.2. The lowest BCUT2D eigenvalue weighted by atomic mass is 10.1. The van der Waals surface area contributed by atoms with Gasteiger partial charge in [-0.2, -0.15) is 0 Å². The molecule has 2 aromatic carbocycles. The third-order valence-electron chi connectivity index (χ3n) is 3.86. The first-order chi connectivity index (χ1) is 12.8. The van der Waals surface area contributed by atoms with Gasteiger partial charge in [0, 0.05) is 22.7 Å². The van der Waals surface area contributed by atoms with Gasteiger partial charge in [-0.25, -0.2) is 0 Å². The summed E-state index contributed by atoms with van der Waals surface area (Å²) in [4.78, 5) is 35.0. The molecule has 27 heavy (non-hydrogen) atoms. The van der Waals surface area contributed by atoms with Gasteiger partial charge in [0.15, 0.2) is 0 Å². The summed E-state index contributed by atoms with van der Waals surface area (Å²) in [7, 11) is 0. The van der Waals surface area contributed by atoms with Gasteiger partial charge in [-0.15, -0.1) is 11.8 Å². The molecule has 6 nitrogen and oxygen atoms in total. The maximum absolute atomic E-state index is 12.1. The molecule has 0 spiro atoms. The highest BCUT2D eigenvalue weighted by molar-refractivity contribution is 8.00. The van der Waals surface area contributed by atoms with E-state index in [1.165, 1.54) is 17.3 Å². The normalized spacial score (nSPS) is 10.3. The van der Waals surface area contributed by atoms with Crippen LogP contribution in [0.5, 0.6) is 0 Å². The van der Waals surface area contributed by atoms with Crippen LogP contribution in [0.2, 0.25) is 0 Å². The van der Waals surface area contributed by atoms with Crippen molar-refractivity contribution in [2.45, 2.75) is 31.6 Å². The molecule has 3 N–H and O–H groups in total. The van der Waals surface area contributed by atoms with Gasteiger partial charge in [-0.3, -0.25) is 14.4 Å². The lowest BCUT2D eigenvalue weighted by Gasteiger charge is -2.08. The number of benzene rings is 2. The van der Waals surface area contributed by atoms with Crippen molar-refractivity contribution in [1.29, 1.82) is 0 Å². The van der Waals surface area contributed by atoms with Crippen LogP contribution < -0.4 is 10.6 Å². The Morgan fingerprint density at radius 3 is 2.11 bits per heavy atom. The van der Waals surface area contributed by atoms with Gasteiger partial charge in [0.1, 0.15) is 0 Å². The first-order valence-electron chi connectivity index (χ1n) is 8.45. The summed E-state index contributed by atoms with van der Waals surface area (Å²) >= 11 is 1.39. The van der Waals surface area contributed by atoms with Crippen LogP contribution >= 0.6 is 11.8 Å². The van der Waals surface area contributed by atoms with E-state index in [1.807, 2.05) is 32.0 Å². The number of carboxylic acid groups (broad SMARTS) is 1. The van der Waals surface area contributed by atoms with Gasteiger partial charge >= 0.3 is 5.97 Å². The Kier molecular flexibility index (Phi) is 7.43. The minimum Gasteiger partial charge on any atom is -0.481 e. The van der Waals surface area contributed by atoms with E-state index in [4.69, 9.17) is 5.11 Å². The Hall–Kier alpha value is -2.80. The van der Waals surface area contributed by atoms with Crippen LogP contribution in [-0.4, -0.2) is 28.6 Å². The summed E-state index contributed by atoms with van der Waals surface area (Å²) < 4.78 is 0. The number of carboxylic acids is 1. The van der Waals surface area contributed by atoms with E-state index in [0.29, 0.717) is 5.69 Å². The summed E-state index contributed by atoms with van der Waals surface area (Å²) in [5.74, 6) is -1.16. The minimum atomic E-state index is -1.00. The predicted molar refractivity (Wildman–Crippen MR) is 107 cm³/mol. The van der Waals surface area contributed by atoms with Crippen LogP contribution in [0.4, 0.5) is 11.4 Å². The number of hydrogen-bond acceptors (Lipinski definition) is 4. The second-order valence-corrected chi connectivity index (χ2v) is 7.15. The Balaban J connectivity index is 1.80. The van der Waals surface area contributed by atoms with Gasteiger partial charge in [-0.1, -0.05) is 6.07 Å². The third-order valence-corrected chi connectivity index (χ3v) is 4.88. The average Bonchev–Trinajstić information content (AvgIpc) is 2.62. The Morgan fingerprint density at radius 2 is 1.48 bits per heavy atom. The molecule has 2 rings (SSSR count). The third kappa shape index (κ3) is 7.15. The summed E-state index contributed by atoms with van der Waals surface area (Å²) in [6, 6.07) is 12.9. The number of aryl methyl sites for hydroxylation is 2. The summed E-state index contributed by atoms with van der Waals surface area (Å²) in [5.41, 5.74) is 3.68. The second kappa shape index (κ2) is 9.78. The zero-order valence-corrected chi connectivity index (χ0v) is 16.1. The van der Waals surface area contributed by atoms with Crippen molar-refractivity contribution in [3.63, 3.8) is 0 Å². The standard InChI is InChI=1S/C20H22N2O4S/c1-13-3-4-16(11-14(13)2)22-19(24)12-27-17-7-5-15(6-8-17)21-18(23)9-10-20(25)26/h3-8,11H,9-10,12H2,1-2H3,(H,21,23)(H,22,24)(H,25,26). The Morgan fingerprint density at radius 1 is 0.852 bits per heavy atom. The SMILES string of the molecule is Cc1ccc(NC(=O)CSc2ccc(NC(=O)CCC(=O)O)cc2)cc1C. The molecule has 2 amide bonds. The molecule has 0 heterocycles. The highest BCUT2D eigenvalue weighted by Crippen LogP contribution is 2.21. The Labute approximate surface area is 162 Å². The molecule has 0 saturated carbocycles. The van der Waals surface area contributed by atoms with Gasteiger partial charge in [0.2, 0.25) is 11.8 Å². The zero-order chi connectivity index (χ0) is 19.8. The molecule has 0 bridgehead atoms. The highest BCUT2D eigenvalue weighted by atomic mass is 32.2. The number of carbonyl (C=O) groups is 3. The van der Waals surface area contributed by atoms with Crippen LogP contribution in [0.25, 0.3) is 0 Å². The summed E-state index contributed by atoms with van der Waals surface area (Å²) in [6.07, 6.45) is -0.264. The summed E-state index contributed by atoms with van der Waals surface area (Å²) in [6.45, 7) is 4.02. The number of anilines is 2. The molecule has 0 unspecified atom stereocenters. The van der Waals surface area contributed by atoms with E-state index in [-0.39, 0.29) is 30.4 Å². The van der Waals surface area contributed by atoms with Crippen molar-refractivity contribution < 1.29 is 19.5 Å². The molecule has 0 saturated heterocycles. The fourth-order valence-electron chi connectivity index (χ4n) is 2.24. The fraction of sp³-hybridized carbons (Fsp3) is 0.250. The molecule has 0 radical (unpaired) electrons. The molecule has 2 aromatic rings. The van der Waals surface area contributed by atoms with Crippen LogP contribution in [0.3, 0.4) is 0 Å². The van der Waals surface area contributed by atoms with Crippen molar-refractivity contribution >= 4 is 40.9 Å². The number of nitrogens with one attached hydrogen (secondary N) is 2. The highest BCUT2D eigenvalue weighted by Gasteiger charge is 2.07. The van der Waals surface area contributed by atoms with Gasteiger partial charge in [0.25, 0.3) is 0 Å². The van der Waals surface area contributed by atoms with E-state index < -0.39 is 5.97 Å². The molecule has 0 atom stereocenters. The maximum Gasteiger partial charge on any atom is 0.303 e. The summed E-state index contributed by atoms with van der Waals surface area (Å²) in [5, 5.41) is 14.1. The van der Waals surface area contributed by atoms with Crippen LogP contribution in [-0.2, 0) is 14.4 Å². The van der Waals surface area contributed by atoms with Gasteiger partial charge in [0.05, 0.1) is 12.2 Å². The second-order valence-electron chi connectivity index (χ2n) is 6.10. The van der Waals surface area contributed by atoms with Crippen molar-refractivity contribution in [1.82, 2.24) is 0 Å². The van der Waals surface area contributed by atoms with E-state index in [0.717, 1.165) is 16.1 Å². The number of aliphatic carboxylic acids is 1.